The van der Waals surface area contributed by atoms with E-state index in [1.807, 2.05) is 49.1 Å². The van der Waals surface area contributed by atoms with Crippen LogP contribution in [0.4, 0.5) is 5.69 Å². The van der Waals surface area contributed by atoms with E-state index in [-0.39, 0.29) is 30.0 Å². The SMILES string of the molecule is CC(C)C(NC(=O)c1ccco1)C(=O)N1CCN(CC(=O)Nc2ccccc2)CC1. The molecule has 8 nitrogen and oxygen atoms in total. The number of benzene rings is 1. The lowest BCUT2D eigenvalue weighted by atomic mass is 10.0. The molecule has 2 N–H and O–H groups in total. The molecule has 1 saturated heterocycles. The van der Waals surface area contributed by atoms with Gasteiger partial charge in [-0.2, -0.15) is 0 Å². The van der Waals surface area contributed by atoms with Gasteiger partial charge in [0, 0.05) is 31.9 Å². The van der Waals surface area contributed by atoms with Crippen LogP contribution in [0.1, 0.15) is 24.4 Å². The Bertz CT molecular complexity index is 843. The Morgan fingerprint density at radius 1 is 1.00 bits per heavy atom. The van der Waals surface area contributed by atoms with Crippen LogP contribution in [-0.2, 0) is 9.59 Å². The Labute approximate surface area is 176 Å². The number of anilines is 1. The first-order valence-electron chi connectivity index (χ1n) is 10.1. The molecule has 1 fully saturated rings. The van der Waals surface area contributed by atoms with E-state index in [0.29, 0.717) is 26.2 Å². The molecule has 2 heterocycles. The Kier molecular flexibility index (Phi) is 7.24. The topological polar surface area (TPSA) is 94.9 Å². The molecule has 0 saturated carbocycles. The number of carbonyl (C=O) groups excluding carboxylic acids is 3. The predicted octanol–water partition coefficient (Wildman–Crippen LogP) is 1.82. The molecule has 3 rings (SSSR count). The van der Waals surface area contributed by atoms with Crippen LogP contribution in [0.5, 0.6) is 0 Å². The van der Waals surface area contributed by atoms with Crippen molar-refractivity contribution in [3.63, 3.8) is 0 Å². The van der Waals surface area contributed by atoms with Crippen molar-refractivity contribution in [1.29, 1.82) is 0 Å². The minimum absolute atomic E-state index is 0.0638. The van der Waals surface area contributed by atoms with Crippen molar-refractivity contribution < 1.29 is 18.8 Å². The van der Waals surface area contributed by atoms with Crippen LogP contribution in [0.2, 0.25) is 0 Å². The second kappa shape index (κ2) is 10.1. The number of furan rings is 1. The van der Waals surface area contributed by atoms with E-state index in [2.05, 4.69) is 10.6 Å². The fourth-order valence-corrected chi connectivity index (χ4v) is 3.38. The molecule has 8 heteroatoms. The summed E-state index contributed by atoms with van der Waals surface area (Å²) >= 11 is 0. The van der Waals surface area contributed by atoms with Gasteiger partial charge in [-0.15, -0.1) is 0 Å². The average Bonchev–Trinajstić information content (AvgIpc) is 3.27. The molecular formula is C22H28N4O4. The van der Waals surface area contributed by atoms with Crippen molar-refractivity contribution in [3.8, 4) is 0 Å². The smallest absolute Gasteiger partial charge is 0.287 e. The minimum atomic E-state index is -0.629. The number of piperazine rings is 1. The van der Waals surface area contributed by atoms with Crippen LogP contribution < -0.4 is 10.6 Å². The van der Waals surface area contributed by atoms with Gasteiger partial charge >= 0.3 is 0 Å². The number of carbonyl (C=O) groups is 3. The third kappa shape index (κ3) is 5.70. The fourth-order valence-electron chi connectivity index (χ4n) is 3.38. The Morgan fingerprint density at radius 2 is 1.70 bits per heavy atom. The van der Waals surface area contributed by atoms with Crippen molar-refractivity contribution in [2.45, 2.75) is 19.9 Å². The number of para-hydroxylation sites is 1. The van der Waals surface area contributed by atoms with E-state index in [4.69, 9.17) is 4.42 Å². The van der Waals surface area contributed by atoms with Crippen LogP contribution in [0.25, 0.3) is 0 Å². The molecule has 1 unspecified atom stereocenters. The largest absolute Gasteiger partial charge is 0.459 e. The van der Waals surface area contributed by atoms with Crippen LogP contribution in [0.15, 0.2) is 53.1 Å². The van der Waals surface area contributed by atoms with E-state index >= 15 is 0 Å². The summed E-state index contributed by atoms with van der Waals surface area (Å²) in [6, 6.07) is 11.9. The molecule has 1 aromatic carbocycles. The summed E-state index contributed by atoms with van der Waals surface area (Å²) in [4.78, 5) is 41.3. The van der Waals surface area contributed by atoms with Crippen LogP contribution in [0, 0.1) is 5.92 Å². The van der Waals surface area contributed by atoms with Gasteiger partial charge in [0.2, 0.25) is 11.8 Å². The van der Waals surface area contributed by atoms with Gasteiger partial charge in [-0.05, 0) is 30.2 Å². The molecule has 2 aromatic rings. The van der Waals surface area contributed by atoms with Crippen molar-refractivity contribution in [2.75, 3.05) is 38.0 Å². The van der Waals surface area contributed by atoms with Crippen molar-refractivity contribution >= 4 is 23.4 Å². The fraction of sp³-hybridized carbons (Fsp3) is 0.409. The van der Waals surface area contributed by atoms with E-state index in [9.17, 15) is 14.4 Å². The molecule has 1 aromatic heterocycles. The first kappa shape index (κ1) is 21.6. The molecular weight excluding hydrogens is 384 g/mol. The van der Waals surface area contributed by atoms with Gasteiger partial charge in [-0.25, -0.2) is 0 Å². The number of amides is 3. The maximum absolute atomic E-state index is 13.0. The molecule has 1 atom stereocenters. The highest BCUT2D eigenvalue weighted by atomic mass is 16.3. The van der Waals surface area contributed by atoms with Crippen molar-refractivity contribution in [1.82, 2.24) is 15.1 Å². The zero-order chi connectivity index (χ0) is 21.5. The highest BCUT2D eigenvalue weighted by molar-refractivity contribution is 5.95. The lowest BCUT2D eigenvalue weighted by molar-refractivity contribution is -0.136. The molecule has 30 heavy (non-hydrogen) atoms. The lowest BCUT2D eigenvalue weighted by Crippen LogP contribution is -2.57. The molecule has 0 radical (unpaired) electrons. The average molecular weight is 412 g/mol. The summed E-state index contributed by atoms with van der Waals surface area (Å²) in [5.74, 6) is -0.470. The first-order chi connectivity index (χ1) is 14.4. The summed E-state index contributed by atoms with van der Waals surface area (Å²) < 4.78 is 5.11. The molecule has 3 amide bonds. The Balaban J connectivity index is 1.49. The van der Waals surface area contributed by atoms with Gasteiger partial charge in [0.15, 0.2) is 5.76 Å². The zero-order valence-corrected chi connectivity index (χ0v) is 17.3. The van der Waals surface area contributed by atoms with Crippen LogP contribution >= 0.6 is 0 Å². The zero-order valence-electron chi connectivity index (χ0n) is 17.3. The summed E-state index contributed by atoms with van der Waals surface area (Å²) in [7, 11) is 0. The van der Waals surface area contributed by atoms with Gasteiger partial charge in [-0.1, -0.05) is 32.0 Å². The standard InChI is InChI=1S/C22H28N4O4/c1-16(2)20(24-21(28)18-9-6-14-30-18)22(29)26-12-10-25(11-13-26)15-19(27)23-17-7-4-3-5-8-17/h3-9,14,16,20H,10-13,15H2,1-2H3,(H,23,27)(H,24,28). The van der Waals surface area contributed by atoms with Crippen LogP contribution in [0.3, 0.4) is 0 Å². The van der Waals surface area contributed by atoms with Gasteiger partial charge in [0.05, 0.1) is 12.8 Å². The third-order valence-corrected chi connectivity index (χ3v) is 5.07. The number of nitrogens with one attached hydrogen (secondary N) is 2. The van der Waals surface area contributed by atoms with Gasteiger partial charge in [-0.3, -0.25) is 19.3 Å². The molecule has 1 aliphatic rings. The van der Waals surface area contributed by atoms with Crippen LogP contribution in [-0.4, -0.2) is 66.3 Å². The molecule has 0 aliphatic carbocycles. The molecule has 0 bridgehead atoms. The lowest BCUT2D eigenvalue weighted by Gasteiger charge is -2.37. The number of hydrogen-bond donors (Lipinski definition) is 2. The van der Waals surface area contributed by atoms with E-state index in [0.717, 1.165) is 5.69 Å². The van der Waals surface area contributed by atoms with Crippen molar-refractivity contribution in [3.05, 3.63) is 54.5 Å². The number of rotatable bonds is 7. The summed E-state index contributed by atoms with van der Waals surface area (Å²) in [6.45, 7) is 6.30. The van der Waals surface area contributed by atoms with Crippen molar-refractivity contribution in [2.24, 2.45) is 5.92 Å². The summed E-state index contributed by atoms with van der Waals surface area (Å²) in [5, 5.41) is 5.66. The Morgan fingerprint density at radius 3 is 2.30 bits per heavy atom. The molecule has 0 spiro atoms. The normalized spacial score (nSPS) is 15.6. The number of hydrogen-bond acceptors (Lipinski definition) is 5. The first-order valence-corrected chi connectivity index (χ1v) is 10.1. The summed E-state index contributed by atoms with van der Waals surface area (Å²) in [5.41, 5.74) is 0.767. The molecule has 1 aliphatic heterocycles. The monoisotopic (exact) mass is 412 g/mol. The Hall–Kier alpha value is -3.13. The second-order valence-corrected chi connectivity index (χ2v) is 7.69. The predicted molar refractivity (Wildman–Crippen MR) is 113 cm³/mol. The van der Waals surface area contributed by atoms with E-state index in [1.165, 1.54) is 6.26 Å². The maximum Gasteiger partial charge on any atom is 0.287 e. The minimum Gasteiger partial charge on any atom is -0.459 e. The summed E-state index contributed by atoms with van der Waals surface area (Å²) in [6.07, 6.45) is 1.42. The quantitative estimate of drug-likeness (QED) is 0.723. The van der Waals surface area contributed by atoms with Gasteiger partial charge < -0.3 is 20.0 Å². The number of nitrogens with zero attached hydrogens (tertiary/aromatic N) is 2. The van der Waals surface area contributed by atoms with E-state index < -0.39 is 11.9 Å². The molecule has 160 valence electrons. The van der Waals surface area contributed by atoms with E-state index in [1.54, 1.807) is 17.0 Å². The van der Waals surface area contributed by atoms with Gasteiger partial charge in [0.1, 0.15) is 6.04 Å². The highest BCUT2D eigenvalue weighted by Gasteiger charge is 2.31. The second-order valence-electron chi connectivity index (χ2n) is 7.69. The van der Waals surface area contributed by atoms with Gasteiger partial charge in [0.25, 0.3) is 5.91 Å². The third-order valence-electron chi connectivity index (χ3n) is 5.07. The highest BCUT2D eigenvalue weighted by Crippen LogP contribution is 2.12. The maximum atomic E-state index is 13.0.